The zero-order chi connectivity index (χ0) is 20.6. The molecule has 1 aliphatic heterocycles. The molecule has 2 heterocycles. The van der Waals surface area contributed by atoms with Crippen molar-refractivity contribution in [3.05, 3.63) is 75.5 Å². The standard InChI is InChI=1S/C21H20N2O4S2/c1-14-6-7-16(12-17(14)21(24)25)29(26,27)22-18-4-2-3-5-19(18)23-10-8-20-15(13-23)9-11-28-20/h2-7,9,11-12,22H,8,10,13H2,1H3,(H,24,25). The topological polar surface area (TPSA) is 86.7 Å². The van der Waals surface area contributed by atoms with Crippen molar-refractivity contribution in [2.75, 3.05) is 16.2 Å². The first-order valence-electron chi connectivity index (χ1n) is 9.11. The summed E-state index contributed by atoms with van der Waals surface area (Å²) in [6.07, 6.45) is 0.925. The number of fused-ring (bicyclic) bond motifs is 1. The molecule has 0 bridgehead atoms. The summed E-state index contributed by atoms with van der Waals surface area (Å²) in [6, 6.07) is 13.5. The number of nitrogens with zero attached hydrogens (tertiary/aromatic N) is 1. The van der Waals surface area contributed by atoms with E-state index >= 15 is 0 Å². The van der Waals surface area contributed by atoms with Gasteiger partial charge < -0.3 is 10.0 Å². The monoisotopic (exact) mass is 428 g/mol. The van der Waals surface area contributed by atoms with E-state index in [1.165, 1.54) is 28.6 Å². The maximum Gasteiger partial charge on any atom is 0.335 e. The molecule has 0 spiro atoms. The molecule has 1 aliphatic rings. The van der Waals surface area contributed by atoms with E-state index in [1.54, 1.807) is 30.4 Å². The van der Waals surface area contributed by atoms with Gasteiger partial charge in [-0.15, -0.1) is 11.3 Å². The van der Waals surface area contributed by atoms with Crippen LogP contribution in [-0.2, 0) is 23.0 Å². The van der Waals surface area contributed by atoms with Crippen molar-refractivity contribution >= 4 is 38.7 Å². The number of sulfonamides is 1. The second-order valence-electron chi connectivity index (χ2n) is 6.95. The molecule has 3 aromatic rings. The summed E-state index contributed by atoms with van der Waals surface area (Å²) in [5.41, 5.74) is 3.03. The Morgan fingerprint density at radius 2 is 1.97 bits per heavy atom. The minimum absolute atomic E-state index is 0.0258. The van der Waals surface area contributed by atoms with Crippen LogP contribution in [0, 0.1) is 6.92 Å². The number of rotatable bonds is 5. The molecule has 0 unspecified atom stereocenters. The lowest BCUT2D eigenvalue weighted by Crippen LogP contribution is -2.30. The van der Waals surface area contributed by atoms with Gasteiger partial charge in [0.25, 0.3) is 10.0 Å². The van der Waals surface area contributed by atoms with Gasteiger partial charge in [-0.2, -0.15) is 0 Å². The maximum absolute atomic E-state index is 13.0. The van der Waals surface area contributed by atoms with Gasteiger partial charge in [-0.25, -0.2) is 13.2 Å². The van der Waals surface area contributed by atoms with Crippen LogP contribution < -0.4 is 9.62 Å². The van der Waals surface area contributed by atoms with Crippen LogP contribution in [0.25, 0.3) is 0 Å². The van der Waals surface area contributed by atoms with Crippen LogP contribution in [-0.4, -0.2) is 26.0 Å². The fraction of sp³-hybridized carbons (Fsp3) is 0.190. The number of anilines is 2. The van der Waals surface area contributed by atoms with Gasteiger partial charge in [0.15, 0.2) is 0 Å². The molecule has 0 radical (unpaired) electrons. The summed E-state index contributed by atoms with van der Waals surface area (Å²) >= 11 is 1.75. The second kappa shape index (κ2) is 7.53. The molecule has 2 N–H and O–H groups in total. The molecule has 0 amide bonds. The zero-order valence-corrected chi connectivity index (χ0v) is 17.4. The molecule has 0 fully saturated rings. The van der Waals surface area contributed by atoms with Crippen LogP contribution >= 0.6 is 11.3 Å². The van der Waals surface area contributed by atoms with Crippen LogP contribution in [0.15, 0.2) is 58.8 Å². The third-order valence-corrected chi connectivity index (χ3v) is 7.43. The highest BCUT2D eigenvalue weighted by molar-refractivity contribution is 7.92. The van der Waals surface area contributed by atoms with Crippen molar-refractivity contribution in [2.45, 2.75) is 24.8 Å². The molecule has 0 aliphatic carbocycles. The molecule has 8 heteroatoms. The van der Waals surface area contributed by atoms with Crippen LogP contribution in [0.4, 0.5) is 11.4 Å². The lowest BCUT2D eigenvalue weighted by molar-refractivity contribution is 0.0696. The molecule has 1 aromatic heterocycles. The number of aryl methyl sites for hydroxylation is 1. The van der Waals surface area contributed by atoms with E-state index in [4.69, 9.17) is 0 Å². The lowest BCUT2D eigenvalue weighted by Gasteiger charge is -2.30. The van der Waals surface area contributed by atoms with Crippen molar-refractivity contribution in [3.63, 3.8) is 0 Å². The Morgan fingerprint density at radius 1 is 1.17 bits per heavy atom. The molecule has 150 valence electrons. The highest BCUT2D eigenvalue weighted by Gasteiger charge is 2.23. The first-order chi connectivity index (χ1) is 13.8. The Kier molecular flexibility index (Phi) is 5.06. The van der Waals surface area contributed by atoms with Crippen molar-refractivity contribution < 1.29 is 18.3 Å². The lowest BCUT2D eigenvalue weighted by atomic mass is 10.1. The Balaban J connectivity index is 1.65. The van der Waals surface area contributed by atoms with E-state index in [1.807, 2.05) is 12.1 Å². The molecule has 0 atom stereocenters. The van der Waals surface area contributed by atoms with Crippen molar-refractivity contribution in [2.24, 2.45) is 0 Å². The number of benzene rings is 2. The van der Waals surface area contributed by atoms with E-state index in [0.29, 0.717) is 11.3 Å². The predicted molar refractivity (Wildman–Crippen MR) is 114 cm³/mol. The quantitative estimate of drug-likeness (QED) is 0.638. The number of nitrogens with one attached hydrogen (secondary N) is 1. The number of hydrogen-bond donors (Lipinski definition) is 2. The average Bonchev–Trinajstić information content (AvgIpc) is 3.16. The fourth-order valence-corrected chi connectivity index (χ4v) is 5.48. The van der Waals surface area contributed by atoms with E-state index < -0.39 is 16.0 Å². The molecule has 29 heavy (non-hydrogen) atoms. The molecule has 0 saturated heterocycles. The molecule has 2 aromatic carbocycles. The van der Waals surface area contributed by atoms with E-state index in [0.717, 1.165) is 25.2 Å². The molecular formula is C21H20N2O4S2. The predicted octanol–water partition coefficient (Wildman–Crippen LogP) is 4.12. The summed E-state index contributed by atoms with van der Waals surface area (Å²) in [5.74, 6) is -1.15. The van der Waals surface area contributed by atoms with E-state index in [9.17, 15) is 18.3 Å². The van der Waals surface area contributed by atoms with Crippen LogP contribution in [0.2, 0.25) is 0 Å². The molecule has 6 nitrogen and oxygen atoms in total. The maximum atomic E-state index is 13.0. The van der Waals surface area contributed by atoms with Gasteiger partial charge in [0.05, 0.1) is 21.8 Å². The third-order valence-electron chi connectivity index (χ3n) is 5.05. The summed E-state index contributed by atoms with van der Waals surface area (Å²) < 4.78 is 28.6. The van der Waals surface area contributed by atoms with Gasteiger partial charge >= 0.3 is 5.97 Å². The van der Waals surface area contributed by atoms with Gasteiger partial charge in [-0.1, -0.05) is 18.2 Å². The van der Waals surface area contributed by atoms with Gasteiger partial charge in [0, 0.05) is 18.0 Å². The first-order valence-corrected chi connectivity index (χ1v) is 11.5. The Hall–Kier alpha value is -2.84. The summed E-state index contributed by atoms with van der Waals surface area (Å²) in [5, 5.41) is 11.4. The van der Waals surface area contributed by atoms with Crippen LogP contribution in [0.1, 0.15) is 26.4 Å². The van der Waals surface area contributed by atoms with Crippen LogP contribution in [0.3, 0.4) is 0 Å². The fourth-order valence-electron chi connectivity index (χ4n) is 3.49. The molecule has 0 saturated carbocycles. The molecule has 4 rings (SSSR count). The number of hydrogen-bond acceptors (Lipinski definition) is 5. The summed E-state index contributed by atoms with van der Waals surface area (Å²) in [7, 11) is -3.93. The van der Waals surface area contributed by atoms with Crippen LogP contribution in [0.5, 0.6) is 0 Å². The van der Waals surface area contributed by atoms with Gasteiger partial charge in [-0.05, 0) is 60.2 Å². The third kappa shape index (κ3) is 3.86. The van der Waals surface area contributed by atoms with Gasteiger partial charge in [0.2, 0.25) is 0 Å². The average molecular weight is 429 g/mol. The van der Waals surface area contributed by atoms with Gasteiger partial charge in [0.1, 0.15) is 0 Å². The molecular weight excluding hydrogens is 408 g/mol. The second-order valence-corrected chi connectivity index (χ2v) is 9.63. The SMILES string of the molecule is Cc1ccc(S(=O)(=O)Nc2ccccc2N2CCc3sccc3C2)cc1C(=O)O. The summed E-state index contributed by atoms with van der Waals surface area (Å²) in [4.78, 5) is 14.8. The number of para-hydroxylation sites is 2. The number of carbonyl (C=O) groups is 1. The Labute approximate surface area is 173 Å². The van der Waals surface area contributed by atoms with Gasteiger partial charge in [-0.3, -0.25) is 4.72 Å². The van der Waals surface area contributed by atoms with E-state index in [2.05, 4.69) is 21.1 Å². The minimum atomic E-state index is -3.93. The Morgan fingerprint density at radius 3 is 2.76 bits per heavy atom. The van der Waals surface area contributed by atoms with E-state index in [-0.39, 0.29) is 10.5 Å². The highest BCUT2D eigenvalue weighted by Crippen LogP contribution is 2.33. The minimum Gasteiger partial charge on any atom is -0.478 e. The Bertz CT molecular complexity index is 1180. The zero-order valence-electron chi connectivity index (χ0n) is 15.8. The van der Waals surface area contributed by atoms with Crippen molar-refractivity contribution in [1.29, 1.82) is 0 Å². The number of thiophene rings is 1. The number of aromatic carboxylic acids is 1. The number of carboxylic acids is 1. The summed E-state index contributed by atoms with van der Waals surface area (Å²) in [6.45, 7) is 3.17. The first kappa shape index (κ1) is 19.5. The highest BCUT2D eigenvalue weighted by atomic mass is 32.2. The largest absolute Gasteiger partial charge is 0.478 e. The van der Waals surface area contributed by atoms with Crippen molar-refractivity contribution in [1.82, 2.24) is 0 Å². The van der Waals surface area contributed by atoms with Crippen molar-refractivity contribution in [3.8, 4) is 0 Å². The number of carboxylic acid groups (broad SMARTS) is 1. The smallest absolute Gasteiger partial charge is 0.335 e. The normalized spacial score (nSPS) is 13.8.